The van der Waals surface area contributed by atoms with Crippen molar-refractivity contribution in [2.24, 2.45) is 11.7 Å². The maximum absolute atomic E-state index is 13.0. The number of carbonyl (C=O) groups is 2. The molecule has 3 N–H and O–H groups in total. The van der Waals surface area contributed by atoms with Crippen molar-refractivity contribution >= 4 is 11.8 Å². The van der Waals surface area contributed by atoms with Gasteiger partial charge in [0, 0.05) is 19.5 Å². The Morgan fingerprint density at radius 2 is 2.08 bits per heavy atom. The van der Waals surface area contributed by atoms with Gasteiger partial charge in [-0.3, -0.25) is 9.59 Å². The monoisotopic (exact) mass is 359 g/mol. The van der Waals surface area contributed by atoms with Crippen molar-refractivity contribution in [3.63, 3.8) is 0 Å². The van der Waals surface area contributed by atoms with Gasteiger partial charge in [-0.2, -0.15) is 5.26 Å². The van der Waals surface area contributed by atoms with Crippen LogP contribution in [0.25, 0.3) is 0 Å². The van der Waals surface area contributed by atoms with Crippen molar-refractivity contribution in [3.8, 4) is 6.07 Å². The van der Waals surface area contributed by atoms with Crippen LogP contribution in [0.2, 0.25) is 0 Å². The van der Waals surface area contributed by atoms with E-state index in [-0.39, 0.29) is 12.3 Å². The van der Waals surface area contributed by atoms with Crippen LogP contribution in [0.5, 0.6) is 0 Å². The molecular weight excluding hydrogens is 328 g/mol. The summed E-state index contributed by atoms with van der Waals surface area (Å²) < 4.78 is 0. The van der Waals surface area contributed by atoms with Crippen LogP contribution in [0.4, 0.5) is 0 Å². The number of hydrogen-bond donors (Lipinski definition) is 2. The third-order valence-corrected chi connectivity index (χ3v) is 5.53. The number of amides is 2. The summed E-state index contributed by atoms with van der Waals surface area (Å²) >= 11 is 0. The SMILES string of the molecule is CC(=CCC(N)=O)CN(C(=O)[CH]CC1CCCCC1)C1(C#N)CCNC1. The summed E-state index contributed by atoms with van der Waals surface area (Å²) in [7, 11) is 0. The van der Waals surface area contributed by atoms with Crippen LogP contribution in [0.15, 0.2) is 11.6 Å². The second kappa shape index (κ2) is 9.72. The molecule has 1 aliphatic carbocycles. The van der Waals surface area contributed by atoms with Gasteiger partial charge in [0.15, 0.2) is 0 Å². The minimum Gasteiger partial charge on any atom is -0.369 e. The minimum absolute atomic E-state index is 0.0763. The molecule has 143 valence electrons. The molecule has 1 unspecified atom stereocenters. The smallest absolute Gasteiger partial charge is 0.228 e. The van der Waals surface area contributed by atoms with Gasteiger partial charge in [-0.15, -0.1) is 0 Å². The van der Waals surface area contributed by atoms with Gasteiger partial charge in [-0.05, 0) is 32.2 Å². The van der Waals surface area contributed by atoms with Gasteiger partial charge >= 0.3 is 0 Å². The number of nitrogens with two attached hydrogens (primary N) is 1. The van der Waals surface area contributed by atoms with Crippen LogP contribution >= 0.6 is 0 Å². The molecule has 0 aromatic heterocycles. The predicted molar refractivity (Wildman–Crippen MR) is 101 cm³/mol. The van der Waals surface area contributed by atoms with Crippen LogP contribution in [-0.2, 0) is 9.59 Å². The Kier molecular flexibility index (Phi) is 7.65. The molecule has 2 fully saturated rings. The highest BCUT2D eigenvalue weighted by molar-refractivity contribution is 5.86. The number of carbonyl (C=O) groups excluding carboxylic acids is 2. The lowest BCUT2D eigenvalue weighted by atomic mass is 9.85. The summed E-state index contributed by atoms with van der Waals surface area (Å²) in [6.07, 6.45) is 11.2. The molecule has 1 atom stereocenters. The summed E-state index contributed by atoms with van der Waals surface area (Å²) in [5.41, 5.74) is 5.27. The highest BCUT2D eigenvalue weighted by Gasteiger charge is 2.42. The normalized spacial score (nSPS) is 24.2. The molecule has 2 amide bonds. The summed E-state index contributed by atoms with van der Waals surface area (Å²) in [4.78, 5) is 25.7. The van der Waals surface area contributed by atoms with Gasteiger partial charge in [0.05, 0.1) is 12.5 Å². The van der Waals surface area contributed by atoms with E-state index in [1.165, 1.54) is 32.1 Å². The quantitative estimate of drug-likeness (QED) is 0.648. The molecule has 6 nitrogen and oxygen atoms in total. The zero-order valence-corrected chi connectivity index (χ0v) is 15.8. The number of primary amides is 1. The second-order valence-electron chi connectivity index (χ2n) is 7.66. The van der Waals surface area contributed by atoms with E-state index in [0.717, 1.165) is 18.5 Å². The lowest BCUT2D eigenvalue weighted by molar-refractivity contribution is -0.131. The first kappa shape index (κ1) is 20.4. The Hall–Kier alpha value is -1.87. The molecule has 0 aromatic rings. The van der Waals surface area contributed by atoms with Crippen molar-refractivity contribution in [2.45, 2.75) is 63.8 Å². The topological polar surface area (TPSA) is 99.2 Å². The van der Waals surface area contributed by atoms with E-state index in [1.54, 1.807) is 17.4 Å². The summed E-state index contributed by atoms with van der Waals surface area (Å²) in [6.45, 7) is 3.43. The third kappa shape index (κ3) is 5.57. The van der Waals surface area contributed by atoms with E-state index in [2.05, 4.69) is 11.4 Å². The first-order valence-corrected chi connectivity index (χ1v) is 9.67. The third-order valence-electron chi connectivity index (χ3n) is 5.53. The first-order valence-electron chi connectivity index (χ1n) is 9.67. The van der Waals surface area contributed by atoms with E-state index >= 15 is 0 Å². The Bertz CT molecular complexity index is 567. The van der Waals surface area contributed by atoms with Crippen LogP contribution in [0.3, 0.4) is 0 Å². The van der Waals surface area contributed by atoms with Gasteiger partial charge in [-0.1, -0.05) is 43.8 Å². The van der Waals surface area contributed by atoms with Crippen molar-refractivity contribution < 1.29 is 9.59 Å². The molecule has 1 saturated carbocycles. The number of nitrogens with zero attached hydrogens (tertiary/aromatic N) is 2. The molecule has 2 aliphatic rings. The second-order valence-corrected chi connectivity index (χ2v) is 7.66. The summed E-state index contributed by atoms with van der Waals surface area (Å²) in [6, 6.07) is 2.37. The lowest BCUT2D eigenvalue weighted by Crippen LogP contribution is -2.53. The van der Waals surface area contributed by atoms with Crippen molar-refractivity contribution in [3.05, 3.63) is 18.1 Å². The molecule has 0 spiro atoms. The molecule has 1 heterocycles. The maximum atomic E-state index is 13.0. The highest BCUT2D eigenvalue weighted by Crippen LogP contribution is 2.29. The molecule has 26 heavy (non-hydrogen) atoms. The maximum Gasteiger partial charge on any atom is 0.228 e. The zero-order valence-electron chi connectivity index (χ0n) is 15.8. The predicted octanol–water partition coefficient (Wildman–Crippen LogP) is 2.07. The van der Waals surface area contributed by atoms with E-state index in [9.17, 15) is 14.9 Å². The van der Waals surface area contributed by atoms with Crippen molar-refractivity contribution in [1.82, 2.24) is 10.2 Å². The van der Waals surface area contributed by atoms with E-state index in [4.69, 9.17) is 5.73 Å². The molecule has 1 saturated heterocycles. The van der Waals surface area contributed by atoms with E-state index in [1.807, 2.05) is 6.92 Å². The summed E-state index contributed by atoms with van der Waals surface area (Å²) in [5.74, 6) is 0.108. The number of nitrogens with one attached hydrogen (secondary N) is 1. The van der Waals surface area contributed by atoms with Crippen LogP contribution in [-0.4, -0.2) is 41.9 Å². The van der Waals surface area contributed by atoms with Gasteiger partial charge < -0.3 is 16.0 Å². The summed E-state index contributed by atoms with van der Waals surface area (Å²) in [5, 5.41) is 13.0. The van der Waals surface area contributed by atoms with Crippen molar-refractivity contribution in [1.29, 1.82) is 5.26 Å². The average Bonchev–Trinajstić information content (AvgIpc) is 3.13. The molecule has 1 aliphatic heterocycles. The lowest BCUT2D eigenvalue weighted by Gasteiger charge is -2.36. The fourth-order valence-electron chi connectivity index (χ4n) is 3.89. The van der Waals surface area contributed by atoms with Crippen LogP contribution in [0, 0.1) is 23.7 Å². The van der Waals surface area contributed by atoms with Gasteiger partial charge in [0.1, 0.15) is 5.54 Å². The minimum atomic E-state index is -0.817. The number of nitriles is 1. The highest BCUT2D eigenvalue weighted by atomic mass is 16.2. The Morgan fingerprint density at radius 1 is 1.35 bits per heavy atom. The Labute approximate surface area is 156 Å². The molecule has 0 aromatic carbocycles. The van der Waals surface area contributed by atoms with Gasteiger partial charge in [0.25, 0.3) is 0 Å². The van der Waals surface area contributed by atoms with Crippen molar-refractivity contribution in [2.75, 3.05) is 19.6 Å². The average molecular weight is 359 g/mol. The molecule has 1 radical (unpaired) electrons. The molecule has 2 rings (SSSR count). The van der Waals surface area contributed by atoms with Gasteiger partial charge in [-0.25, -0.2) is 0 Å². The number of hydrogen-bond acceptors (Lipinski definition) is 4. The van der Waals surface area contributed by atoms with Crippen LogP contribution in [0.1, 0.15) is 58.3 Å². The van der Waals surface area contributed by atoms with Gasteiger partial charge in [0.2, 0.25) is 11.8 Å². The first-order chi connectivity index (χ1) is 12.5. The fraction of sp³-hybridized carbons (Fsp3) is 0.700. The van der Waals surface area contributed by atoms with Crippen LogP contribution < -0.4 is 11.1 Å². The molecule has 6 heteroatoms. The zero-order chi connectivity index (χ0) is 19.0. The number of rotatable bonds is 8. The molecule has 0 bridgehead atoms. The Morgan fingerprint density at radius 3 is 2.65 bits per heavy atom. The van der Waals surface area contributed by atoms with E-state index in [0.29, 0.717) is 25.4 Å². The van der Waals surface area contributed by atoms with E-state index < -0.39 is 11.4 Å². The largest absolute Gasteiger partial charge is 0.369 e. The molecular formula is C20H31N4O2. The standard InChI is InChI=1S/C20H31N4O2/c1-16(7-9-18(22)25)13-24(20(14-21)11-12-23-15-20)19(26)10-8-17-5-3-2-4-6-17/h7,10,17,23H,2-6,8-9,11-13,15H2,1H3,(H2,22,25). The fourth-order valence-corrected chi connectivity index (χ4v) is 3.89. The Balaban J connectivity index is 2.06.